The molecule has 0 amide bonds. The van der Waals surface area contributed by atoms with E-state index in [-0.39, 0.29) is 5.78 Å². The largest absolute Gasteiger partial charge is 0.497 e. The Labute approximate surface area is 129 Å². The molecule has 0 radical (unpaired) electrons. The van der Waals surface area contributed by atoms with E-state index in [9.17, 15) is 4.79 Å². The van der Waals surface area contributed by atoms with Crippen molar-refractivity contribution in [3.8, 4) is 11.5 Å². The van der Waals surface area contributed by atoms with Crippen LogP contribution in [0.2, 0.25) is 5.02 Å². The second kappa shape index (κ2) is 6.19. The maximum atomic E-state index is 12.7. The van der Waals surface area contributed by atoms with Crippen LogP contribution in [0.25, 0.3) is 0 Å². The molecular formula is C17H17ClO3. The molecule has 0 spiro atoms. The summed E-state index contributed by atoms with van der Waals surface area (Å²) in [6, 6.07) is 8.71. The molecule has 0 aliphatic carbocycles. The standard InChI is InChI=1S/C17H17ClO3/c1-10-7-14(15(18)8-11(10)2)17(19)13-6-5-12(20-3)9-16(13)21-4/h5-9H,1-4H3. The second-order valence-corrected chi connectivity index (χ2v) is 5.22. The molecule has 0 aliphatic rings. The summed E-state index contributed by atoms with van der Waals surface area (Å²) in [6.45, 7) is 3.91. The third kappa shape index (κ3) is 3.03. The zero-order valence-electron chi connectivity index (χ0n) is 12.5. The Balaban J connectivity index is 2.52. The smallest absolute Gasteiger partial charge is 0.198 e. The number of carbonyl (C=O) groups is 1. The lowest BCUT2D eigenvalue weighted by Gasteiger charge is -2.12. The minimum Gasteiger partial charge on any atom is -0.497 e. The lowest BCUT2D eigenvalue weighted by Crippen LogP contribution is -2.06. The zero-order valence-corrected chi connectivity index (χ0v) is 13.2. The van der Waals surface area contributed by atoms with Gasteiger partial charge in [0, 0.05) is 11.6 Å². The SMILES string of the molecule is COc1ccc(C(=O)c2cc(C)c(C)cc2Cl)c(OC)c1. The fraction of sp³-hybridized carbons (Fsp3) is 0.235. The molecule has 0 aliphatic heterocycles. The minimum atomic E-state index is -0.164. The number of halogens is 1. The van der Waals surface area contributed by atoms with Crippen molar-refractivity contribution in [3.63, 3.8) is 0 Å². The highest BCUT2D eigenvalue weighted by Crippen LogP contribution is 2.30. The van der Waals surface area contributed by atoms with Crippen LogP contribution in [0.1, 0.15) is 27.0 Å². The van der Waals surface area contributed by atoms with Crippen LogP contribution in [-0.4, -0.2) is 20.0 Å². The molecule has 0 aromatic heterocycles. The fourth-order valence-electron chi connectivity index (χ4n) is 2.09. The number of aryl methyl sites for hydroxylation is 2. The predicted molar refractivity (Wildman–Crippen MR) is 83.9 cm³/mol. The van der Waals surface area contributed by atoms with Gasteiger partial charge in [0.15, 0.2) is 5.78 Å². The first-order chi connectivity index (χ1) is 9.97. The second-order valence-electron chi connectivity index (χ2n) is 4.81. The van der Waals surface area contributed by atoms with Crippen LogP contribution in [0, 0.1) is 13.8 Å². The molecule has 21 heavy (non-hydrogen) atoms. The lowest BCUT2D eigenvalue weighted by molar-refractivity contribution is 0.103. The Bertz CT molecular complexity index is 693. The van der Waals surface area contributed by atoms with Gasteiger partial charge in [0.1, 0.15) is 11.5 Å². The number of benzene rings is 2. The van der Waals surface area contributed by atoms with Gasteiger partial charge >= 0.3 is 0 Å². The highest BCUT2D eigenvalue weighted by atomic mass is 35.5. The van der Waals surface area contributed by atoms with Gasteiger partial charge in [0.05, 0.1) is 24.8 Å². The van der Waals surface area contributed by atoms with E-state index in [1.54, 1.807) is 31.4 Å². The van der Waals surface area contributed by atoms with Gasteiger partial charge in [-0.15, -0.1) is 0 Å². The molecule has 2 rings (SSSR count). The van der Waals surface area contributed by atoms with Gasteiger partial charge in [-0.3, -0.25) is 4.79 Å². The summed E-state index contributed by atoms with van der Waals surface area (Å²) in [4.78, 5) is 12.7. The Kier molecular flexibility index (Phi) is 4.53. The van der Waals surface area contributed by atoms with Crippen LogP contribution >= 0.6 is 11.6 Å². The first kappa shape index (κ1) is 15.4. The third-order valence-corrected chi connectivity index (χ3v) is 3.79. The molecule has 0 heterocycles. The molecular weight excluding hydrogens is 288 g/mol. The normalized spacial score (nSPS) is 10.3. The molecule has 0 bridgehead atoms. The molecule has 0 N–H and O–H groups in total. The van der Waals surface area contributed by atoms with E-state index in [1.807, 2.05) is 19.9 Å². The summed E-state index contributed by atoms with van der Waals surface area (Å²) in [7, 11) is 3.09. The Morgan fingerprint density at radius 3 is 2.24 bits per heavy atom. The number of hydrogen-bond acceptors (Lipinski definition) is 3. The van der Waals surface area contributed by atoms with Crippen molar-refractivity contribution in [2.24, 2.45) is 0 Å². The number of ether oxygens (including phenoxy) is 2. The van der Waals surface area contributed by atoms with Crippen molar-refractivity contribution >= 4 is 17.4 Å². The Morgan fingerprint density at radius 1 is 0.952 bits per heavy atom. The van der Waals surface area contributed by atoms with Crippen LogP contribution in [-0.2, 0) is 0 Å². The van der Waals surface area contributed by atoms with Gasteiger partial charge in [-0.1, -0.05) is 11.6 Å². The van der Waals surface area contributed by atoms with Gasteiger partial charge in [-0.2, -0.15) is 0 Å². The summed E-state index contributed by atoms with van der Waals surface area (Å²) in [5, 5.41) is 0.445. The van der Waals surface area contributed by atoms with Gasteiger partial charge in [-0.05, 0) is 49.2 Å². The van der Waals surface area contributed by atoms with Crippen LogP contribution in [0.15, 0.2) is 30.3 Å². The Hall–Kier alpha value is -2.00. The average molecular weight is 305 g/mol. The molecule has 3 nitrogen and oxygen atoms in total. The lowest BCUT2D eigenvalue weighted by atomic mass is 9.98. The molecule has 2 aromatic carbocycles. The quantitative estimate of drug-likeness (QED) is 0.794. The minimum absolute atomic E-state index is 0.164. The third-order valence-electron chi connectivity index (χ3n) is 3.48. The highest BCUT2D eigenvalue weighted by Gasteiger charge is 2.18. The van der Waals surface area contributed by atoms with Crippen molar-refractivity contribution < 1.29 is 14.3 Å². The number of rotatable bonds is 4. The number of methoxy groups -OCH3 is 2. The summed E-state index contributed by atoms with van der Waals surface area (Å²) in [5.74, 6) is 0.936. The molecule has 0 saturated carbocycles. The molecule has 0 unspecified atom stereocenters. The number of ketones is 1. The van der Waals surface area contributed by atoms with E-state index in [1.165, 1.54) is 7.11 Å². The topological polar surface area (TPSA) is 35.5 Å². The van der Waals surface area contributed by atoms with Gasteiger partial charge < -0.3 is 9.47 Å². The van der Waals surface area contributed by atoms with Crippen LogP contribution < -0.4 is 9.47 Å². The molecule has 0 atom stereocenters. The summed E-state index contributed by atoms with van der Waals surface area (Å²) in [5.41, 5.74) is 3.01. The molecule has 2 aromatic rings. The van der Waals surface area contributed by atoms with Crippen molar-refractivity contribution in [2.45, 2.75) is 13.8 Å². The van der Waals surface area contributed by atoms with Crippen LogP contribution in [0.5, 0.6) is 11.5 Å². The van der Waals surface area contributed by atoms with Crippen molar-refractivity contribution in [1.29, 1.82) is 0 Å². The van der Waals surface area contributed by atoms with Gasteiger partial charge in [0.25, 0.3) is 0 Å². The molecule has 0 fully saturated rings. The molecule has 0 saturated heterocycles. The van der Waals surface area contributed by atoms with E-state index in [0.717, 1.165) is 11.1 Å². The number of hydrogen-bond donors (Lipinski definition) is 0. The zero-order chi connectivity index (χ0) is 15.6. The van der Waals surface area contributed by atoms with Crippen LogP contribution in [0.3, 0.4) is 0 Å². The predicted octanol–water partition coefficient (Wildman–Crippen LogP) is 4.21. The first-order valence-corrected chi connectivity index (χ1v) is 6.89. The highest BCUT2D eigenvalue weighted by molar-refractivity contribution is 6.35. The summed E-state index contributed by atoms with van der Waals surface area (Å²) >= 11 is 6.21. The van der Waals surface area contributed by atoms with Crippen molar-refractivity contribution in [1.82, 2.24) is 0 Å². The van der Waals surface area contributed by atoms with E-state index < -0.39 is 0 Å². The fourth-order valence-corrected chi connectivity index (χ4v) is 2.39. The van der Waals surface area contributed by atoms with Crippen LogP contribution in [0.4, 0.5) is 0 Å². The first-order valence-electron chi connectivity index (χ1n) is 6.51. The molecule has 110 valence electrons. The summed E-state index contributed by atoms with van der Waals surface area (Å²) < 4.78 is 10.4. The van der Waals surface area contributed by atoms with E-state index >= 15 is 0 Å². The van der Waals surface area contributed by atoms with E-state index in [0.29, 0.717) is 27.6 Å². The number of carbonyl (C=O) groups excluding carboxylic acids is 1. The Morgan fingerprint density at radius 2 is 1.62 bits per heavy atom. The average Bonchev–Trinajstić information content (AvgIpc) is 2.49. The van der Waals surface area contributed by atoms with E-state index in [4.69, 9.17) is 21.1 Å². The van der Waals surface area contributed by atoms with Gasteiger partial charge in [0.2, 0.25) is 0 Å². The monoisotopic (exact) mass is 304 g/mol. The van der Waals surface area contributed by atoms with E-state index in [2.05, 4.69) is 0 Å². The van der Waals surface area contributed by atoms with Crippen molar-refractivity contribution in [2.75, 3.05) is 14.2 Å². The maximum absolute atomic E-state index is 12.7. The van der Waals surface area contributed by atoms with Crippen molar-refractivity contribution in [3.05, 3.63) is 57.6 Å². The summed E-state index contributed by atoms with van der Waals surface area (Å²) in [6.07, 6.45) is 0. The molecule has 4 heteroatoms. The van der Waals surface area contributed by atoms with Gasteiger partial charge in [-0.25, -0.2) is 0 Å². The maximum Gasteiger partial charge on any atom is 0.198 e.